The quantitative estimate of drug-likeness (QED) is 0.269. The Morgan fingerprint density at radius 1 is 1.25 bits per heavy atom. The van der Waals surface area contributed by atoms with E-state index in [-0.39, 0.29) is 29.5 Å². The second kappa shape index (κ2) is 8.94. The molecule has 0 unspecified atom stereocenters. The molecule has 0 bridgehead atoms. The zero-order valence-corrected chi connectivity index (χ0v) is 19.9. The summed E-state index contributed by atoms with van der Waals surface area (Å²) in [6.45, 7) is 4.00. The maximum Gasteiger partial charge on any atom is 0.435 e. The summed E-state index contributed by atoms with van der Waals surface area (Å²) >= 11 is 0. The number of ketones is 1. The lowest BCUT2D eigenvalue weighted by Gasteiger charge is -2.31. The normalized spacial score (nSPS) is 17.7. The van der Waals surface area contributed by atoms with Gasteiger partial charge < -0.3 is 0 Å². The van der Waals surface area contributed by atoms with Crippen LogP contribution < -0.4 is 0 Å². The molecule has 4 aromatic rings. The summed E-state index contributed by atoms with van der Waals surface area (Å²) < 4.78 is 43.7. The number of carbonyl (C=O) groups is 1. The largest absolute Gasteiger partial charge is 0.435 e. The molecule has 5 rings (SSSR count). The van der Waals surface area contributed by atoms with E-state index in [1.807, 2.05) is 25.1 Å². The summed E-state index contributed by atoms with van der Waals surface area (Å²) in [6, 6.07) is 5.74. The summed E-state index contributed by atoms with van der Waals surface area (Å²) in [5.74, 6) is 3.21. The smallest absolute Gasteiger partial charge is 0.296 e. The number of hydrogen-bond donors (Lipinski definition) is 0. The van der Waals surface area contributed by atoms with Crippen molar-refractivity contribution >= 4 is 11.4 Å². The number of halogens is 3. The van der Waals surface area contributed by atoms with Crippen LogP contribution in [0.15, 0.2) is 43.0 Å². The predicted molar refractivity (Wildman–Crippen MR) is 128 cm³/mol. The highest BCUT2D eigenvalue weighted by atomic mass is 19.4. The zero-order valence-electron chi connectivity index (χ0n) is 19.9. The molecule has 1 aromatic carbocycles. The van der Waals surface area contributed by atoms with Gasteiger partial charge in [0.05, 0.1) is 23.1 Å². The fourth-order valence-electron chi connectivity index (χ4n) is 4.93. The fourth-order valence-corrected chi connectivity index (χ4v) is 4.93. The van der Waals surface area contributed by atoms with Crippen molar-refractivity contribution in [2.24, 2.45) is 11.8 Å². The Hall–Kier alpha value is -3.93. The lowest BCUT2D eigenvalue weighted by Crippen LogP contribution is -2.29. The van der Waals surface area contributed by atoms with Gasteiger partial charge in [0.15, 0.2) is 17.1 Å². The molecule has 0 saturated heterocycles. The van der Waals surface area contributed by atoms with Gasteiger partial charge in [0.25, 0.3) is 0 Å². The van der Waals surface area contributed by atoms with Crippen molar-refractivity contribution in [3.63, 3.8) is 0 Å². The Balaban J connectivity index is 1.47. The number of benzene rings is 1. The number of aryl methyl sites for hydroxylation is 1. The number of alkyl halides is 3. The minimum absolute atomic E-state index is 0.0791. The Labute approximate surface area is 206 Å². The van der Waals surface area contributed by atoms with Crippen LogP contribution in [-0.4, -0.2) is 29.9 Å². The number of terminal acetylenes is 1. The van der Waals surface area contributed by atoms with E-state index in [0.29, 0.717) is 23.7 Å². The van der Waals surface area contributed by atoms with Gasteiger partial charge in [-0.1, -0.05) is 31.0 Å². The van der Waals surface area contributed by atoms with Crippen LogP contribution in [0.3, 0.4) is 0 Å². The van der Waals surface area contributed by atoms with Crippen LogP contribution in [-0.2, 0) is 19.1 Å². The molecule has 3 heterocycles. The van der Waals surface area contributed by atoms with Crippen molar-refractivity contribution in [1.29, 1.82) is 0 Å². The van der Waals surface area contributed by atoms with E-state index in [4.69, 9.17) is 6.42 Å². The summed E-state index contributed by atoms with van der Waals surface area (Å²) in [5.41, 5.74) is 2.77. The predicted octanol–water partition coefficient (Wildman–Crippen LogP) is 5.37. The SMILES string of the molecule is C#CCn1cc(-c2cnc3c(Cc4ccc(C(=O)C5CC(C)C5)c(C)c4)nccn23)c(C(F)(F)F)n1. The van der Waals surface area contributed by atoms with Crippen LogP contribution in [0.2, 0.25) is 0 Å². The highest BCUT2D eigenvalue weighted by molar-refractivity contribution is 5.99. The first-order valence-electron chi connectivity index (χ1n) is 11.7. The Morgan fingerprint density at radius 2 is 2.03 bits per heavy atom. The third-order valence-electron chi connectivity index (χ3n) is 6.73. The van der Waals surface area contributed by atoms with E-state index < -0.39 is 11.9 Å². The molecule has 0 radical (unpaired) electrons. The molecule has 36 heavy (non-hydrogen) atoms. The summed E-state index contributed by atoms with van der Waals surface area (Å²) in [4.78, 5) is 21.6. The van der Waals surface area contributed by atoms with Gasteiger partial charge >= 0.3 is 6.18 Å². The molecule has 3 aromatic heterocycles. The maximum absolute atomic E-state index is 13.7. The summed E-state index contributed by atoms with van der Waals surface area (Å²) in [5, 5.41) is 3.65. The minimum Gasteiger partial charge on any atom is -0.296 e. The average molecular weight is 492 g/mol. The van der Waals surface area contributed by atoms with Crippen molar-refractivity contribution in [2.45, 2.75) is 45.8 Å². The number of carbonyl (C=O) groups excluding carboxylic acids is 1. The minimum atomic E-state index is -4.65. The Morgan fingerprint density at radius 3 is 2.69 bits per heavy atom. The molecule has 9 heteroatoms. The first kappa shape index (κ1) is 23.8. The van der Waals surface area contributed by atoms with Crippen molar-refractivity contribution < 1.29 is 18.0 Å². The van der Waals surface area contributed by atoms with Crippen LogP contribution in [0.1, 0.15) is 52.6 Å². The van der Waals surface area contributed by atoms with Crippen LogP contribution >= 0.6 is 0 Å². The third-order valence-corrected chi connectivity index (χ3v) is 6.73. The highest BCUT2D eigenvalue weighted by Gasteiger charge is 2.38. The highest BCUT2D eigenvalue weighted by Crippen LogP contribution is 2.37. The second-order valence-electron chi connectivity index (χ2n) is 9.47. The Kier molecular flexibility index (Phi) is 5.91. The van der Waals surface area contributed by atoms with Crippen LogP contribution in [0.5, 0.6) is 0 Å². The molecule has 0 amide bonds. The summed E-state index contributed by atoms with van der Waals surface area (Å²) in [7, 11) is 0. The van der Waals surface area contributed by atoms with Gasteiger partial charge in [0, 0.05) is 36.5 Å². The number of nitrogens with zero attached hydrogens (tertiary/aromatic N) is 5. The first-order valence-corrected chi connectivity index (χ1v) is 11.7. The van der Waals surface area contributed by atoms with Crippen LogP contribution in [0.4, 0.5) is 13.2 Å². The van der Waals surface area contributed by atoms with Gasteiger partial charge in [0.2, 0.25) is 0 Å². The van der Waals surface area contributed by atoms with E-state index in [0.717, 1.165) is 34.2 Å². The Bertz CT molecular complexity index is 1500. The zero-order chi connectivity index (χ0) is 25.6. The van der Waals surface area contributed by atoms with E-state index in [1.54, 1.807) is 10.6 Å². The summed E-state index contributed by atoms with van der Waals surface area (Å²) in [6.07, 6.45) is 8.69. The lowest BCUT2D eigenvalue weighted by molar-refractivity contribution is -0.141. The van der Waals surface area contributed by atoms with Gasteiger partial charge in [-0.25, -0.2) is 4.98 Å². The number of hydrogen-bond acceptors (Lipinski definition) is 4. The standard InChI is InChI=1S/C27H24F3N5O/c1-4-8-34-15-21(25(33-34)27(28,29)30)23-14-32-26-22(31-7-9-35(23)26)13-18-5-6-20(17(3)12-18)24(36)19-10-16(2)11-19/h1,5-7,9,12,14-16,19H,8,10-11,13H2,2-3H3. The number of rotatable bonds is 6. The van der Waals surface area contributed by atoms with Crippen molar-refractivity contribution in [2.75, 3.05) is 0 Å². The van der Waals surface area contributed by atoms with Gasteiger partial charge in [-0.15, -0.1) is 6.42 Å². The molecule has 1 fully saturated rings. The van der Waals surface area contributed by atoms with E-state index in [2.05, 4.69) is 27.9 Å². The maximum atomic E-state index is 13.7. The second-order valence-corrected chi connectivity index (χ2v) is 9.47. The van der Waals surface area contributed by atoms with Crippen molar-refractivity contribution in [3.05, 3.63) is 71.1 Å². The molecule has 1 saturated carbocycles. The van der Waals surface area contributed by atoms with E-state index in [1.165, 1.54) is 18.6 Å². The fraction of sp³-hybridized carbons (Fsp3) is 0.333. The number of fused-ring (bicyclic) bond motifs is 1. The molecule has 0 N–H and O–H groups in total. The van der Waals surface area contributed by atoms with Gasteiger partial charge in [-0.2, -0.15) is 18.3 Å². The monoisotopic (exact) mass is 491 g/mol. The van der Waals surface area contributed by atoms with E-state index in [9.17, 15) is 18.0 Å². The molecule has 184 valence electrons. The average Bonchev–Trinajstić information content (AvgIpc) is 3.42. The first-order chi connectivity index (χ1) is 17.2. The number of Topliss-reactive ketones (excluding diaryl/α,β-unsaturated/α-hetero) is 1. The molecule has 6 nitrogen and oxygen atoms in total. The molecule has 1 aliphatic rings. The van der Waals surface area contributed by atoms with Gasteiger partial charge in [0.1, 0.15) is 6.54 Å². The van der Waals surface area contributed by atoms with Crippen molar-refractivity contribution in [1.82, 2.24) is 24.1 Å². The van der Waals surface area contributed by atoms with Crippen molar-refractivity contribution in [3.8, 4) is 23.6 Å². The molecule has 0 aliphatic heterocycles. The molecule has 0 atom stereocenters. The molecular weight excluding hydrogens is 467 g/mol. The van der Waals surface area contributed by atoms with Gasteiger partial charge in [-0.05, 0) is 36.8 Å². The van der Waals surface area contributed by atoms with E-state index >= 15 is 0 Å². The topological polar surface area (TPSA) is 65.1 Å². The van der Waals surface area contributed by atoms with Crippen LogP contribution in [0.25, 0.3) is 16.9 Å². The third kappa shape index (κ3) is 4.28. The molecule has 1 aliphatic carbocycles. The number of imidazole rings is 1. The number of aromatic nitrogens is 5. The molecular formula is C27H24F3N5O. The lowest BCUT2D eigenvalue weighted by atomic mass is 9.72. The van der Waals surface area contributed by atoms with Crippen LogP contribution in [0, 0.1) is 31.1 Å². The van der Waals surface area contributed by atoms with Gasteiger partial charge in [-0.3, -0.25) is 18.9 Å². The molecule has 0 spiro atoms.